The Kier molecular flexibility index (Phi) is 5.89. The Balaban J connectivity index is 0.000000279. The summed E-state index contributed by atoms with van der Waals surface area (Å²) in [6.45, 7) is 3.18. The van der Waals surface area contributed by atoms with Gasteiger partial charge in [0.2, 0.25) is 0 Å². The van der Waals surface area contributed by atoms with Crippen LogP contribution < -0.4 is 4.90 Å². The number of carboxylic acid groups (broad SMARTS) is 1. The minimum Gasteiger partial charge on any atom is -0.475 e. The van der Waals surface area contributed by atoms with Gasteiger partial charge in [-0.2, -0.15) is 13.2 Å². The lowest BCUT2D eigenvalue weighted by Crippen LogP contribution is -2.32. The smallest absolute Gasteiger partial charge is 0.475 e. The van der Waals surface area contributed by atoms with Crippen LogP contribution in [0.1, 0.15) is 35.5 Å². The van der Waals surface area contributed by atoms with Gasteiger partial charge in [-0.25, -0.2) is 14.8 Å². The molecule has 2 aliphatic rings. The zero-order valence-electron chi connectivity index (χ0n) is 15.0. The van der Waals surface area contributed by atoms with Crippen molar-refractivity contribution in [2.75, 3.05) is 11.4 Å². The Hall–Kier alpha value is -2.60. The standard InChI is InChI=1S/C17H17N3S.C2HF3O2/c1-12-19-15(11-21-12)5-2-13-4-7-17(18-9-13)20-10-14-3-6-16(20)8-14;3-2(4,5)1(6)7/h4,7,9,11,14,16H,3,6,8,10H2,1H3;(H,6,7). The second-order valence-corrected chi connectivity index (χ2v) is 7.76. The number of fused-ring (bicyclic) bond motifs is 2. The number of halogens is 3. The zero-order chi connectivity index (χ0) is 20.3. The van der Waals surface area contributed by atoms with Crippen molar-refractivity contribution >= 4 is 23.1 Å². The van der Waals surface area contributed by atoms with Crippen molar-refractivity contribution in [1.82, 2.24) is 9.97 Å². The number of aromatic nitrogens is 2. The predicted molar refractivity (Wildman–Crippen MR) is 99.2 cm³/mol. The first-order valence-electron chi connectivity index (χ1n) is 8.69. The van der Waals surface area contributed by atoms with Gasteiger partial charge in [0.15, 0.2) is 0 Å². The maximum absolute atomic E-state index is 10.6. The Labute approximate surface area is 164 Å². The van der Waals surface area contributed by atoms with Crippen LogP contribution in [0.4, 0.5) is 19.0 Å². The van der Waals surface area contributed by atoms with Crippen LogP contribution in [0.15, 0.2) is 23.7 Å². The Morgan fingerprint density at radius 3 is 2.54 bits per heavy atom. The maximum atomic E-state index is 10.6. The molecule has 0 radical (unpaired) electrons. The van der Waals surface area contributed by atoms with Crippen molar-refractivity contribution in [2.45, 2.75) is 38.4 Å². The van der Waals surface area contributed by atoms with Gasteiger partial charge in [-0.05, 0) is 50.2 Å². The van der Waals surface area contributed by atoms with Gasteiger partial charge in [-0.1, -0.05) is 5.92 Å². The van der Waals surface area contributed by atoms with Crippen molar-refractivity contribution in [3.05, 3.63) is 40.0 Å². The van der Waals surface area contributed by atoms with Gasteiger partial charge < -0.3 is 10.0 Å². The highest BCUT2D eigenvalue weighted by Gasteiger charge is 2.38. The molecule has 0 amide bonds. The average Bonchev–Trinajstić information content (AvgIpc) is 3.37. The first-order valence-corrected chi connectivity index (χ1v) is 9.57. The monoisotopic (exact) mass is 409 g/mol. The molecule has 28 heavy (non-hydrogen) atoms. The molecular formula is C19H18F3N3O2S. The summed E-state index contributed by atoms with van der Waals surface area (Å²) in [7, 11) is 0. The third-order valence-electron chi connectivity index (χ3n) is 4.65. The number of aliphatic carboxylic acids is 1. The van der Waals surface area contributed by atoms with Crippen LogP contribution in [0.3, 0.4) is 0 Å². The molecule has 148 valence electrons. The fraction of sp³-hybridized carbons (Fsp3) is 0.421. The van der Waals surface area contributed by atoms with E-state index in [1.807, 2.05) is 18.5 Å². The van der Waals surface area contributed by atoms with E-state index in [4.69, 9.17) is 9.90 Å². The Morgan fingerprint density at radius 2 is 2.07 bits per heavy atom. The molecule has 1 N–H and O–H groups in total. The van der Waals surface area contributed by atoms with E-state index >= 15 is 0 Å². The van der Waals surface area contributed by atoms with E-state index in [-0.39, 0.29) is 0 Å². The zero-order valence-corrected chi connectivity index (χ0v) is 15.8. The van der Waals surface area contributed by atoms with Gasteiger partial charge in [-0.3, -0.25) is 0 Å². The molecule has 2 fully saturated rings. The first-order chi connectivity index (χ1) is 13.2. The fourth-order valence-electron chi connectivity index (χ4n) is 3.39. The molecular weight excluding hydrogens is 391 g/mol. The summed E-state index contributed by atoms with van der Waals surface area (Å²) in [5.41, 5.74) is 1.80. The lowest BCUT2D eigenvalue weighted by molar-refractivity contribution is -0.192. The number of hydrogen-bond donors (Lipinski definition) is 1. The topological polar surface area (TPSA) is 66.3 Å². The highest BCUT2D eigenvalue weighted by molar-refractivity contribution is 7.09. The summed E-state index contributed by atoms with van der Waals surface area (Å²) in [6, 6.07) is 4.90. The van der Waals surface area contributed by atoms with Crippen LogP contribution in [0.2, 0.25) is 0 Å². The van der Waals surface area contributed by atoms with Gasteiger partial charge in [0.05, 0.1) is 5.01 Å². The van der Waals surface area contributed by atoms with E-state index in [0.29, 0.717) is 0 Å². The number of piperidine rings is 1. The van der Waals surface area contributed by atoms with Crippen molar-refractivity contribution in [2.24, 2.45) is 5.92 Å². The molecule has 9 heteroatoms. The van der Waals surface area contributed by atoms with Crippen molar-refractivity contribution < 1.29 is 23.1 Å². The van der Waals surface area contributed by atoms with Gasteiger partial charge in [0.1, 0.15) is 11.5 Å². The van der Waals surface area contributed by atoms with Crippen molar-refractivity contribution in [3.8, 4) is 11.8 Å². The third-order valence-corrected chi connectivity index (χ3v) is 5.42. The molecule has 0 aromatic carbocycles. The largest absolute Gasteiger partial charge is 0.490 e. The SMILES string of the molecule is Cc1nc(C#Cc2ccc(N3CC4CCC3C4)nc2)cs1.O=C(O)C(F)(F)F. The summed E-state index contributed by atoms with van der Waals surface area (Å²) in [5.74, 6) is 5.48. The quantitative estimate of drug-likeness (QED) is 0.725. The van der Waals surface area contributed by atoms with E-state index in [0.717, 1.165) is 34.0 Å². The molecule has 1 aliphatic heterocycles. The highest BCUT2D eigenvalue weighted by Crippen LogP contribution is 2.39. The molecule has 1 aliphatic carbocycles. The minimum atomic E-state index is -5.08. The third kappa shape index (κ3) is 5.01. The normalized spacial score (nSPS) is 20.2. The number of aryl methyl sites for hydroxylation is 1. The molecule has 4 rings (SSSR count). The summed E-state index contributed by atoms with van der Waals surface area (Å²) in [5, 5.41) is 10.2. The number of rotatable bonds is 1. The van der Waals surface area contributed by atoms with Crippen LogP contribution >= 0.6 is 11.3 Å². The Morgan fingerprint density at radius 1 is 1.32 bits per heavy atom. The van der Waals surface area contributed by atoms with Crippen LogP contribution in [-0.4, -0.2) is 39.8 Å². The number of hydrogen-bond acceptors (Lipinski definition) is 5. The number of nitrogens with zero attached hydrogens (tertiary/aromatic N) is 3. The molecule has 2 aromatic rings. The minimum absolute atomic E-state index is 0.720. The number of alkyl halides is 3. The lowest BCUT2D eigenvalue weighted by Gasteiger charge is -2.27. The van der Waals surface area contributed by atoms with E-state index in [1.165, 1.54) is 25.8 Å². The van der Waals surface area contributed by atoms with Crippen LogP contribution in [0.5, 0.6) is 0 Å². The summed E-state index contributed by atoms with van der Waals surface area (Å²) in [4.78, 5) is 20.3. The fourth-order valence-corrected chi connectivity index (χ4v) is 3.94. The maximum Gasteiger partial charge on any atom is 0.490 e. The molecule has 5 nitrogen and oxygen atoms in total. The summed E-state index contributed by atoms with van der Waals surface area (Å²) >= 11 is 1.63. The molecule has 2 unspecified atom stereocenters. The molecule has 2 atom stereocenters. The van der Waals surface area contributed by atoms with Gasteiger partial charge in [0.25, 0.3) is 0 Å². The number of carbonyl (C=O) groups is 1. The number of pyridine rings is 1. The average molecular weight is 409 g/mol. The number of anilines is 1. The molecule has 2 aromatic heterocycles. The van der Waals surface area contributed by atoms with E-state index in [2.05, 4.69) is 38.8 Å². The van der Waals surface area contributed by atoms with Gasteiger partial charge in [0, 0.05) is 29.7 Å². The van der Waals surface area contributed by atoms with Crippen molar-refractivity contribution in [1.29, 1.82) is 0 Å². The number of thiazole rings is 1. The van der Waals surface area contributed by atoms with Crippen LogP contribution in [-0.2, 0) is 4.79 Å². The highest BCUT2D eigenvalue weighted by atomic mass is 32.1. The Bertz CT molecular complexity index is 900. The molecule has 1 saturated carbocycles. The molecule has 0 spiro atoms. The van der Waals surface area contributed by atoms with Crippen LogP contribution in [0, 0.1) is 24.7 Å². The van der Waals surface area contributed by atoms with Crippen molar-refractivity contribution in [3.63, 3.8) is 0 Å². The van der Waals surface area contributed by atoms with E-state index in [9.17, 15) is 13.2 Å². The lowest BCUT2D eigenvalue weighted by atomic mass is 10.1. The summed E-state index contributed by atoms with van der Waals surface area (Å²) < 4.78 is 31.7. The summed E-state index contributed by atoms with van der Waals surface area (Å²) in [6.07, 6.45) is 0.884. The van der Waals surface area contributed by atoms with Gasteiger partial charge in [-0.15, -0.1) is 11.3 Å². The second kappa shape index (κ2) is 8.19. The molecule has 3 heterocycles. The molecule has 2 bridgehead atoms. The first kappa shape index (κ1) is 20.1. The number of carboxylic acids is 1. The van der Waals surface area contributed by atoms with Crippen LogP contribution in [0.25, 0.3) is 0 Å². The molecule has 1 saturated heterocycles. The second-order valence-electron chi connectivity index (χ2n) is 6.70. The van der Waals surface area contributed by atoms with E-state index in [1.54, 1.807) is 11.3 Å². The van der Waals surface area contributed by atoms with Gasteiger partial charge >= 0.3 is 12.1 Å². The van der Waals surface area contributed by atoms with E-state index < -0.39 is 12.1 Å². The predicted octanol–water partition coefficient (Wildman–Crippen LogP) is 3.87.